The molecule has 0 fully saturated rings. The third kappa shape index (κ3) is 4.56. The van der Waals surface area contributed by atoms with Crippen LogP contribution in [0.2, 0.25) is 0 Å². The lowest BCUT2D eigenvalue weighted by molar-refractivity contribution is -0.159. The van der Waals surface area contributed by atoms with Crippen LogP contribution in [0.5, 0.6) is 0 Å². The molecule has 0 bridgehead atoms. The summed E-state index contributed by atoms with van der Waals surface area (Å²) in [4.78, 5) is 7.39. The molecule has 0 aliphatic rings. The van der Waals surface area contributed by atoms with Crippen molar-refractivity contribution in [2.45, 2.75) is 11.1 Å². The van der Waals surface area contributed by atoms with E-state index < -0.39 is 22.1 Å². The van der Waals surface area contributed by atoms with E-state index in [4.69, 9.17) is 0 Å². The number of hydrogen-bond donors (Lipinski definition) is 1. The number of sulfonamides is 1. The Balaban J connectivity index is 1.59. The van der Waals surface area contributed by atoms with E-state index in [1.807, 2.05) is 0 Å². The van der Waals surface area contributed by atoms with Crippen LogP contribution >= 0.6 is 0 Å². The zero-order valence-electron chi connectivity index (χ0n) is 15.5. The highest BCUT2D eigenvalue weighted by Gasteiger charge is 2.38. The van der Waals surface area contributed by atoms with Gasteiger partial charge in [0, 0.05) is 11.6 Å². The largest absolute Gasteiger partial charge is 0.471 e. The molecule has 31 heavy (non-hydrogen) atoms. The van der Waals surface area contributed by atoms with Gasteiger partial charge in [0.15, 0.2) is 5.82 Å². The number of anilines is 1. The normalized spacial score (nSPS) is 12.5. The molecule has 4 rings (SSSR count). The first-order valence-electron chi connectivity index (χ1n) is 8.78. The maximum absolute atomic E-state index is 12.9. The van der Waals surface area contributed by atoms with Gasteiger partial charge in [0.1, 0.15) is 0 Å². The molecule has 0 aliphatic carbocycles. The van der Waals surface area contributed by atoms with E-state index >= 15 is 0 Å². The molecular formula is C20H13F3N4O3S. The van der Waals surface area contributed by atoms with Gasteiger partial charge in [0.2, 0.25) is 0 Å². The van der Waals surface area contributed by atoms with Crippen molar-refractivity contribution in [2.75, 3.05) is 4.72 Å². The summed E-state index contributed by atoms with van der Waals surface area (Å²) in [6, 6.07) is 14.5. The van der Waals surface area contributed by atoms with Gasteiger partial charge in [0.25, 0.3) is 10.0 Å². The van der Waals surface area contributed by atoms with Crippen LogP contribution in [0.1, 0.15) is 17.3 Å². The minimum absolute atomic E-state index is 0.0281. The van der Waals surface area contributed by atoms with Crippen LogP contribution in [-0.2, 0) is 16.2 Å². The molecule has 0 radical (unpaired) electrons. The fraction of sp³-hybridized carbons (Fsp3) is 0.0500. The van der Waals surface area contributed by atoms with Crippen molar-refractivity contribution in [3.63, 3.8) is 0 Å². The molecule has 2 heterocycles. The number of rotatable bonds is 5. The first kappa shape index (κ1) is 20.5. The second-order valence-electron chi connectivity index (χ2n) is 6.34. The molecular weight excluding hydrogens is 433 g/mol. The molecule has 2 aromatic carbocycles. The van der Waals surface area contributed by atoms with Crippen LogP contribution in [0.15, 0.2) is 70.2 Å². The molecule has 0 aliphatic heterocycles. The van der Waals surface area contributed by atoms with Crippen molar-refractivity contribution in [3.8, 4) is 0 Å². The predicted octanol–water partition coefficient (Wildman–Crippen LogP) is 4.61. The molecule has 0 atom stereocenters. The maximum atomic E-state index is 12.9. The van der Waals surface area contributed by atoms with E-state index in [-0.39, 0.29) is 10.7 Å². The molecule has 0 unspecified atom stereocenters. The number of halogens is 3. The van der Waals surface area contributed by atoms with Gasteiger partial charge in [-0.2, -0.15) is 18.2 Å². The lowest BCUT2D eigenvalue weighted by atomic mass is 10.2. The highest BCUT2D eigenvalue weighted by atomic mass is 32.2. The Hall–Kier alpha value is -3.73. The third-order valence-corrected chi connectivity index (χ3v) is 5.53. The molecule has 0 spiro atoms. The van der Waals surface area contributed by atoms with Gasteiger partial charge in [-0.05, 0) is 35.9 Å². The number of fused-ring (bicyclic) bond motifs is 1. The van der Waals surface area contributed by atoms with Crippen LogP contribution < -0.4 is 4.72 Å². The third-order valence-electron chi connectivity index (χ3n) is 4.17. The number of pyridine rings is 1. The molecule has 1 N–H and O–H groups in total. The highest BCUT2D eigenvalue weighted by Crippen LogP contribution is 2.28. The first-order chi connectivity index (χ1) is 14.7. The summed E-state index contributed by atoms with van der Waals surface area (Å²) in [7, 11) is -3.94. The predicted molar refractivity (Wildman–Crippen MR) is 107 cm³/mol. The average molecular weight is 446 g/mol. The topological polar surface area (TPSA) is 98.0 Å². The molecule has 7 nitrogen and oxygen atoms in total. The monoisotopic (exact) mass is 446 g/mol. The summed E-state index contributed by atoms with van der Waals surface area (Å²) in [5.41, 5.74) is 1.43. The molecule has 2 aromatic heterocycles. The summed E-state index contributed by atoms with van der Waals surface area (Å²) in [5.74, 6) is -1.75. The van der Waals surface area contributed by atoms with Crippen LogP contribution in [-0.4, -0.2) is 23.5 Å². The minimum atomic E-state index is -4.74. The van der Waals surface area contributed by atoms with Gasteiger partial charge >= 0.3 is 12.1 Å². The van der Waals surface area contributed by atoms with Crippen LogP contribution in [0.4, 0.5) is 18.9 Å². The molecule has 11 heteroatoms. The van der Waals surface area contributed by atoms with Crippen LogP contribution in [0.25, 0.3) is 23.1 Å². The van der Waals surface area contributed by atoms with E-state index in [2.05, 4.69) is 24.4 Å². The standard InChI is InChI=1S/C20H13F3N4O3S/c21-20(22,23)19-25-18(26-30-19)9-8-13-4-3-5-14(12-13)31(28,29)27-17-10-11-24-16-7-2-1-6-15(16)17/h1-12H,(H,24,27)/b9-8+. The van der Waals surface area contributed by atoms with Gasteiger partial charge in [-0.15, -0.1) is 0 Å². The van der Waals surface area contributed by atoms with Gasteiger partial charge in [0.05, 0.1) is 16.1 Å². The lowest BCUT2D eigenvalue weighted by Gasteiger charge is -2.10. The quantitative estimate of drug-likeness (QED) is 0.481. The SMILES string of the molecule is O=S(=O)(Nc1ccnc2ccccc12)c1cccc(/C=C/c2noc(C(F)(F)F)n2)c1. The Morgan fingerprint density at radius 3 is 2.58 bits per heavy atom. The number of benzene rings is 2. The number of para-hydroxylation sites is 1. The Morgan fingerprint density at radius 1 is 1.00 bits per heavy atom. The average Bonchev–Trinajstić information content (AvgIpc) is 3.22. The number of nitrogens with zero attached hydrogens (tertiary/aromatic N) is 3. The summed E-state index contributed by atoms with van der Waals surface area (Å²) < 4.78 is 70.0. The summed E-state index contributed by atoms with van der Waals surface area (Å²) in [6.07, 6.45) is -0.671. The molecule has 158 valence electrons. The lowest BCUT2D eigenvalue weighted by Crippen LogP contribution is -2.13. The summed E-state index contributed by atoms with van der Waals surface area (Å²) in [6.45, 7) is 0. The van der Waals surface area contributed by atoms with Gasteiger partial charge < -0.3 is 4.52 Å². The molecule has 0 saturated carbocycles. The Bertz CT molecular complexity index is 1380. The van der Waals surface area contributed by atoms with Crippen LogP contribution in [0, 0.1) is 0 Å². The van der Waals surface area contributed by atoms with E-state index in [1.165, 1.54) is 36.5 Å². The second-order valence-corrected chi connectivity index (χ2v) is 8.02. The fourth-order valence-corrected chi connectivity index (χ4v) is 3.90. The highest BCUT2D eigenvalue weighted by molar-refractivity contribution is 7.92. The molecule has 4 aromatic rings. The Kier molecular flexibility index (Phi) is 5.19. The van der Waals surface area contributed by atoms with Gasteiger partial charge in [-0.25, -0.2) is 8.42 Å². The second kappa shape index (κ2) is 7.84. The van der Waals surface area contributed by atoms with Gasteiger partial charge in [-0.1, -0.05) is 41.6 Å². The first-order valence-corrected chi connectivity index (χ1v) is 10.3. The Labute approximate surface area is 174 Å². The zero-order chi connectivity index (χ0) is 22.1. The smallest absolute Gasteiger partial charge is 0.329 e. The van der Waals surface area contributed by atoms with E-state index in [0.717, 1.165) is 0 Å². The van der Waals surface area contributed by atoms with Gasteiger partial charge in [-0.3, -0.25) is 9.71 Å². The number of aromatic nitrogens is 3. The van der Waals surface area contributed by atoms with E-state index in [1.54, 1.807) is 36.4 Å². The minimum Gasteiger partial charge on any atom is -0.329 e. The van der Waals surface area contributed by atoms with E-state index in [9.17, 15) is 21.6 Å². The molecule has 0 saturated heterocycles. The van der Waals surface area contributed by atoms with Crippen molar-refractivity contribution in [1.29, 1.82) is 0 Å². The summed E-state index contributed by atoms with van der Waals surface area (Å²) >= 11 is 0. The van der Waals surface area contributed by atoms with Crippen molar-refractivity contribution < 1.29 is 26.1 Å². The van der Waals surface area contributed by atoms with Crippen LogP contribution in [0.3, 0.4) is 0 Å². The van der Waals surface area contributed by atoms with Crippen molar-refractivity contribution in [2.24, 2.45) is 0 Å². The van der Waals surface area contributed by atoms with Crippen molar-refractivity contribution in [1.82, 2.24) is 15.1 Å². The van der Waals surface area contributed by atoms with Crippen molar-refractivity contribution in [3.05, 3.63) is 78.1 Å². The number of nitrogens with one attached hydrogen (secondary N) is 1. The number of alkyl halides is 3. The number of hydrogen-bond acceptors (Lipinski definition) is 6. The van der Waals surface area contributed by atoms with E-state index in [0.29, 0.717) is 22.2 Å². The zero-order valence-corrected chi connectivity index (χ0v) is 16.4. The molecule has 0 amide bonds. The van der Waals surface area contributed by atoms with Crippen molar-refractivity contribution >= 4 is 38.8 Å². The Morgan fingerprint density at radius 2 is 1.81 bits per heavy atom. The summed E-state index contributed by atoms with van der Waals surface area (Å²) in [5, 5.41) is 3.87. The fourth-order valence-electron chi connectivity index (χ4n) is 2.76. The maximum Gasteiger partial charge on any atom is 0.471 e.